The molecule has 1 unspecified atom stereocenters. The fourth-order valence-corrected chi connectivity index (χ4v) is 1.21. The van der Waals surface area contributed by atoms with Crippen molar-refractivity contribution in [3.8, 4) is 0 Å². The number of anilines is 1. The lowest BCUT2D eigenvalue weighted by Gasteiger charge is -2.11. The maximum Gasteiger partial charge on any atom is 0.313 e. The van der Waals surface area contributed by atoms with Crippen LogP contribution in [-0.4, -0.2) is 24.8 Å². The van der Waals surface area contributed by atoms with Gasteiger partial charge in [-0.15, -0.1) is 0 Å². The van der Waals surface area contributed by atoms with Crippen LogP contribution >= 0.6 is 0 Å². The molecule has 0 bridgehead atoms. The molecule has 0 fully saturated rings. The molecule has 3 N–H and O–H groups in total. The summed E-state index contributed by atoms with van der Waals surface area (Å²) >= 11 is 0. The molecule has 0 aliphatic rings. The zero-order valence-corrected chi connectivity index (χ0v) is 7.93. The molecule has 0 spiro atoms. The Kier molecular flexibility index (Phi) is 3.48. The minimum absolute atomic E-state index is 0.166. The lowest BCUT2D eigenvalue weighted by Crippen LogP contribution is -2.16. The molecule has 4 nitrogen and oxygen atoms in total. The lowest BCUT2D eigenvalue weighted by molar-refractivity contribution is -0.140. The van der Waals surface area contributed by atoms with E-state index in [0.29, 0.717) is 11.3 Å². The van der Waals surface area contributed by atoms with Crippen LogP contribution in [-0.2, 0) is 9.53 Å². The molecule has 1 aromatic rings. The largest absolute Gasteiger partial charge is 0.481 e. The number of carboxylic acids is 1. The Bertz CT molecular complexity index is 308. The van der Waals surface area contributed by atoms with Crippen molar-refractivity contribution in [1.29, 1.82) is 0 Å². The second-order valence-electron chi connectivity index (χ2n) is 3.01. The highest BCUT2D eigenvalue weighted by Gasteiger charge is 2.18. The number of methoxy groups -OCH3 is 1. The highest BCUT2D eigenvalue weighted by molar-refractivity contribution is 5.76. The quantitative estimate of drug-likeness (QED) is 0.705. The molecule has 0 aliphatic heterocycles. The first-order chi connectivity index (χ1) is 6.65. The summed E-state index contributed by atoms with van der Waals surface area (Å²) in [6.45, 7) is 0.166. The van der Waals surface area contributed by atoms with E-state index in [1.807, 2.05) is 0 Å². The van der Waals surface area contributed by atoms with Crippen LogP contribution in [0.2, 0.25) is 0 Å². The van der Waals surface area contributed by atoms with Crippen LogP contribution in [0, 0.1) is 0 Å². The van der Waals surface area contributed by atoms with E-state index in [4.69, 9.17) is 15.6 Å². The second-order valence-corrected chi connectivity index (χ2v) is 3.01. The van der Waals surface area contributed by atoms with E-state index in [0.717, 1.165) is 0 Å². The fourth-order valence-electron chi connectivity index (χ4n) is 1.21. The normalized spacial score (nSPS) is 12.4. The summed E-state index contributed by atoms with van der Waals surface area (Å²) in [6.07, 6.45) is 0. The maximum absolute atomic E-state index is 10.9. The van der Waals surface area contributed by atoms with Crippen molar-refractivity contribution in [2.45, 2.75) is 5.92 Å². The predicted octanol–water partition coefficient (Wildman–Crippen LogP) is 1.08. The van der Waals surface area contributed by atoms with Gasteiger partial charge < -0.3 is 15.6 Å². The van der Waals surface area contributed by atoms with Crippen LogP contribution in [0.1, 0.15) is 11.5 Å². The van der Waals surface area contributed by atoms with Gasteiger partial charge in [0.05, 0.1) is 6.61 Å². The average molecular weight is 195 g/mol. The zero-order valence-electron chi connectivity index (χ0n) is 7.93. The Morgan fingerprint density at radius 2 is 2.07 bits per heavy atom. The monoisotopic (exact) mass is 195 g/mol. The van der Waals surface area contributed by atoms with E-state index in [1.165, 1.54) is 7.11 Å². The van der Waals surface area contributed by atoms with Gasteiger partial charge in [-0.3, -0.25) is 4.79 Å². The first kappa shape index (κ1) is 10.5. The van der Waals surface area contributed by atoms with E-state index in [2.05, 4.69) is 0 Å². The number of aliphatic carboxylic acids is 1. The first-order valence-corrected chi connectivity index (χ1v) is 4.22. The molecule has 0 heterocycles. The summed E-state index contributed by atoms with van der Waals surface area (Å²) < 4.78 is 4.84. The lowest BCUT2D eigenvalue weighted by atomic mass is 10.00. The Hall–Kier alpha value is -1.55. The van der Waals surface area contributed by atoms with Crippen LogP contribution < -0.4 is 5.73 Å². The van der Waals surface area contributed by atoms with Gasteiger partial charge in [0.25, 0.3) is 0 Å². The summed E-state index contributed by atoms with van der Waals surface area (Å²) in [5, 5.41) is 8.92. The molecule has 4 heteroatoms. The minimum atomic E-state index is -0.892. The van der Waals surface area contributed by atoms with Crippen molar-refractivity contribution in [3.05, 3.63) is 29.8 Å². The van der Waals surface area contributed by atoms with Crippen molar-refractivity contribution < 1.29 is 14.6 Å². The van der Waals surface area contributed by atoms with Crippen molar-refractivity contribution in [2.24, 2.45) is 0 Å². The summed E-state index contributed by atoms with van der Waals surface area (Å²) in [4.78, 5) is 10.9. The molecular weight excluding hydrogens is 182 g/mol. The molecule has 1 rings (SSSR count). The molecule has 1 atom stereocenters. The molecule has 0 aliphatic carbocycles. The third-order valence-electron chi connectivity index (χ3n) is 1.97. The molecule has 0 amide bonds. The molecule has 1 aromatic carbocycles. The second kappa shape index (κ2) is 4.62. The number of hydrogen-bond acceptors (Lipinski definition) is 3. The molecule has 0 radical (unpaired) electrons. The van der Waals surface area contributed by atoms with Crippen LogP contribution in [0.25, 0.3) is 0 Å². The number of carbonyl (C=O) groups is 1. The fraction of sp³-hybridized carbons (Fsp3) is 0.300. The summed E-state index contributed by atoms with van der Waals surface area (Å²) in [7, 11) is 1.48. The van der Waals surface area contributed by atoms with Gasteiger partial charge in [-0.25, -0.2) is 0 Å². The van der Waals surface area contributed by atoms with Crippen molar-refractivity contribution in [3.63, 3.8) is 0 Å². The average Bonchev–Trinajstić information content (AvgIpc) is 2.15. The van der Waals surface area contributed by atoms with E-state index >= 15 is 0 Å². The van der Waals surface area contributed by atoms with Crippen LogP contribution in [0.5, 0.6) is 0 Å². The number of benzene rings is 1. The van der Waals surface area contributed by atoms with E-state index in [9.17, 15) is 4.79 Å². The van der Waals surface area contributed by atoms with Crippen LogP contribution in [0.15, 0.2) is 24.3 Å². The predicted molar refractivity (Wildman–Crippen MR) is 53.1 cm³/mol. The zero-order chi connectivity index (χ0) is 10.6. The van der Waals surface area contributed by atoms with Crippen molar-refractivity contribution in [1.82, 2.24) is 0 Å². The minimum Gasteiger partial charge on any atom is -0.481 e. The van der Waals surface area contributed by atoms with Gasteiger partial charge in [0.2, 0.25) is 0 Å². The molecule has 76 valence electrons. The Morgan fingerprint density at radius 3 is 2.50 bits per heavy atom. The topological polar surface area (TPSA) is 72.5 Å². The number of rotatable bonds is 4. The number of hydrogen-bond donors (Lipinski definition) is 2. The Labute approximate surface area is 82.3 Å². The van der Waals surface area contributed by atoms with E-state index < -0.39 is 11.9 Å². The Morgan fingerprint density at radius 1 is 1.50 bits per heavy atom. The van der Waals surface area contributed by atoms with Crippen LogP contribution in [0.3, 0.4) is 0 Å². The number of ether oxygens (including phenoxy) is 1. The smallest absolute Gasteiger partial charge is 0.313 e. The summed E-state index contributed by atoms with van der Waals surface area (Å²) in [5.41, 5.74) is 6.82. The van der Waals surface area contributed by atoms with Crippen LogP contribution in [0.4, 0.5) is 5.69 Å². The van der Waals surface area contributed by atoms with Gasteiger partial charge in [-0.2, -0.15) is 0 Å². The van der Waals surface area contributed by atoms with Gasteiger partial charge in [0, 0.05) is 12.8 Å². The van der Waals surface area contributed by atoms with E-state index in [-0.39, 0.29) is 6.61 Å². The Balaban J connectivity index is 2.87. The molecule has 0 aromatic heterocycles. The van der Waals surface area contributed by atoms with Gasteiger partial charge in [-0.1, -0.05) is 12.1 Å². The third kappa shape index (κ3) is 2.47. The van der Waals surface area contributed by atoms with Crippen molar-refractivity contribution >= 4 is 11.7 Å². The van der Waals surface area contributed by atoms with Gasteiger partial charge in [0.15, 0.2) is 0 Å². The summed E-state index contributed by atoms with van der Waals surface area (Å²) in [5.74, 6) is -1.52. The SMILES string of the molecule is COCC(C(=O)O)c1ccc(N)cc1. The number of nitrogen functional groups attached to an aromatic ring is 1. The van der Waals surface area contributed by atoms with Gasteiger partial charge in [0.1, 0.15) is 5.92 Å². The molecular formula is C10H13NO3. The van der Waals surface area contributed by atoms with Gasteiger partial charge in [-0.05, 0) is 17.7 Å². The highest BCUT2D eigenvalue weighted by Crippen LogP contribution is 2.17. The molecule has 0 saturated carbocycles. The standard InChI is InChI=1S/C10H13NO3/c1-14-6-9(10(12)13)7-2-4-8(11)5-3-7/h2-5,9H,6,11H2,1H3,(H,12,13). The summed E-state index contributed by atoms with van der Waals surface area (Å²) in [6, 6.07) is 6.77. The van der Waals surface area contributed by atoms with Crippen molar-refractivity contribution in [2.75, 3.05) is 19.5 Å². The highest BCUT2D eigenvalue weighted by atomic mass is 16.5. The van der Waals surface area contributed by atoms with Gasteiger partial charge >= 0.3 is 5.97 Å². The third-order valence-corrected chi connectivity index (χ3v) is 1.97. The number of carboxylic acid groups (broad SMARTS) is 1. The number of nitrogens with two attached hydrogens (primary N) is 1. The molecule has 0 saturated heterocycles. The van der Waals surface area contributed by atoms with E-state index in [1.54, 1.807) is 24.3 Å². The maximum atomic E-state index is 10.9. The first-order valence-electron chi connectivity index (χ1n) is 4.22. The molecule has 14 heavy (non-hydrogen) atoms.